The van der Waals surface area contributed by atoms with E-state index >= 15 is 0 Å². The van der Waals surface area contributed by atoms with Crippen molar-refractivity contribution in [3.8, 4) is 0 Å². The third-order valence-corrected chi connectivity index (χ3v) is 4.64. The van der Waals surface area contributed by atoms with Crippen molar-refractivity contribution in [3.63, 3.8) is 0 Å². The molecule has 21 heavy (non-hydrogen) atoms. The zero-order valence-corrected chi connectivity index (χ0v) is 13.8. The Kier molecular flexibility index (Phi) is 5.99. The van der Waals surface area contributed by atoms with Crippen LogP contribution in [0.2, 0.25) is 5.02 Å². The molecule has 118 valence electrons. The Hall–Kier alpha value is -0.680. The van der Waals surface area contributed by atoms with Gasteiger partial charge in [0.2, 0.25) is 0 Å². The number of likely N-dealkylation sites (N-methyl/N-ethyl adjacent to an activating group) is 3. The van der Waals surface area contributed by atoms with E-state index in [4.69, 9.17) is 11.6 Å². The average Bonchev–Trinajstić information content (AvgIpc) is 2.60. The number of hydrogen-bond donors (Lipinski definition) is 1. The molecule has 1 heterocycles. The van der Waals surface area contributed by atoms with Gasteiger partial charge in [0.05, 0.1) is 0 Å². The normalized spacial score (nSPS) is 23.0. The average molecular weight is 314 g/mol. The molecular weight excluding hydrogens is 289 g/mol. The van der Waals surface area contributed by atoms with Crippen LogP contribution in [-0.4, -0.2) is 62.7 Å². The number of rotatable bonds is 4. The van der Waals surface area contributed by atoms with Crippen LogP contribution in [0.3, 0.4) is 0 Å². The first-order valence-electron chi connectivity index (χ1n) is 7.51. The van der Waals surface area contributed by atoms with E-state index in [0.29, 0.717) is 17.5 Å². The lowest BCUT2D eigenvalue weighted by Crippen LogP contribution is -2.52. The fourth-order valence-corrected chi connectivity index (χ4v) is 3.25. The van der Waals surface area contributed by atoms with Crippen LogP contribution in [0.25, 0.3) is 0 Å². The smallest absolute Gasteiger partial charge is 0.127 e. The number of nitrogens with zero attached hydrogens (tertiary/aromatic N) is 2. The van der Waals surface area contributed by atoms with Crippen molar-refractivity contribution in [2.45, 2.75) is 24.9 Å². The molecule has 1 N–H and O–H groups in total. The Morgan fingerprint density at radius 3 is 2.81 bits per heavy atom. The van der Waals surface area contributed by atoms with Crippen LogP contribution in [0.4, 0.5) is 4.39 Å². The number of nitrogens with one attached hydrogen (secondary N) is 1. The van der Waals surface area contributed by atoms with Gasteiger partial charge < -0.3 is 15.1 Å². The first kappa shape index (κ1) is 16.7. The fourth-order valence-electron chi connectivity index (χ4n) is 3.09. The number of benzene rings is 1. The molecule has 0 bridgehead atoms. The minimum atomic E-state index is -0.215. The maximum atomic E-state index is 14.0. The second-order valence-corrected chi connectivity index (χ2v) is 6.44. The Bertz CT molecular complexity index is 469. The van der Waals surface area contributed by atoms with Gasteiger partial charge in [-0.25, -0.2) is 4.39 Å². The largest absolute Gasteiger partial charge is 0.315 e. The molecule has 1 saturated heterocycles. The van der Waals surface area contributed by atoms with Crippen molar-refractivity contribution in [1.82, 2.24) is 15.1 Å². The molecule has 3 nitrogen and oxygen atoms in total. The topological polar surface area (TPSA) is 18.5 Å². The Labute approximate surface area is 132 Å². The highest BCUT2D eigenvalue weighted by molar-refractivity contribution is 6.30. The van der Waals surface area contributed by atoms with Gasteiger partial charge in [-0.05, 0) is 64.8 Å². The molecule has 1 fully saturated rings. The summed E-state index contributed by atoms with van der Waals surface area (Å²) in [6, 6.07) is 5.54. The summed E-state index contributed by atoms with van der Waals surface area (Å²) in [7, 11) is 6.27. The van der Waals surface area contributed by atoms with Crippen LogP contribution in [0.1, 0.15) is 12.0 Å². The van der Waals surface area contributed by atoms with Gasteiger partial charge >= 0.3 is 0 Å². The standard InChI is InChI=1S/C16H25ClFN3/c1-19-15(9-12-5-6-13(17)10-14(12)18)16-11-20(2)7-4-8-21(16)3/h5-6,10,15-16,19H,4,7-9,11H2,1-3H3. The van der Waals surface area contributed by atoms with E-state index in [9.17, 15) is 4.39 Å². The van der Waals surface area contributed by atoms with Crippen molar-refractivity contribution in [3.05, 3.63) is 34.6 Å². The van der Waals surface area contributed by atoms with Crippen LogP contribution in [0, 0.1) is 5.82 Å². The maximum absolute atomic E-state index is 14.0. The van der Waals surface area contributed by atoms with E-state index in [1.807, 2.05) is 7.05 Å². The third kappa shape index (κ3) is 4.39. The molecule has 0 radical (unpaired) electrons. The first-order chi connectivity index (χ1) is 10.0. The second kappa shape index (κ2) is 7.54. The Balaban J connectivity index is 2.14. The summed E-state index contributed by atoms with van der Waals surface area (Å²) in [5, 5.41) is 3.82. The molecule has 0 saturated carbocycles. The summed E-state index contributed by atoms with van der Waals surface area (Å²) in [6.07, 6.45) is 1.84. The lowest BCUT2D eigenvalue weighted by molar-refractivity contribution is 0.181. The van der Waals surface area contributed by atoms with E-state index in [0.717, 1.165) is 25.2 Å². The van der Waals surface area contributed by atoms with Crippen LogP contribution < -0.4 is 5.32 Å². The zero-order valence-electron chi connectivity index (χ0n) is 13.1. The van der Waals surface area contributed by atoms with Gasteiger partial charge in [-0.1, -0.05) is 17.7 Å². The summed E-state index contributed by atoms with van der Waals surface area (Å²) >= 11 is 5.83. The summed E-state index contributed by atoms with van der Waals surface area (Å²) in [6.45, 7) is 3.19. The predicted octanol–water partition coefficient (Wildman–Crippen LogP) is 2.25. The Morgan fingerprint density at radius 2 is 2.14 bits per heavy atom. The van der Waals surface area contributed by atoms with Gasteiger partial charge in [-0.3, -0.25) is 0 Å². The van der Waals surface area contributed by atoms with Crippen molar-refractivity contribution in [2.75, 3.05) is 40.8 Å². The van der Waals surface area contributed by atoms with Gasteiger partial charge in [-0.2, -0.15) is 0 Å². The zero-order chi connectivity index (χ0) is 15.4. The van der Waals surface area contributed by atoms with Gasteiger partial charge in [0.1, 0.15) is 5.82 Å². The SMILES string of the molecule is CNC(Cc1ccc(Cl)cc1F)C1CN(C)CCCN1C. The van der Waals surface area contributed by atoms with Crippen LogP contribution in [0.15, 0.2) is 18.2 Å². The summed E-state index contributed by atoms with van der Waals surface area (Å²) in [5.74, 6) is -0.215. The lowest BCUT2D eigenvalue weighted by atomic mass is 9.98. The molecule has 0 aliphatic carbocycles. The highest BCUT2D eigenvalue weighted by Gasteiger charge is 2.28. The minimum absolute atomic E-state index is 0.214. The molecule has 1 aliphatic heterocycles. The van der Waals surface area contributed by atoms with E-state index in [2.05, 4.69) is 29.2 Å². The van der Waals surface area contributed by atoms with E-state index < -0.39 is 0 Å². The molecule has 0 spiro atoms. The highest BCUT2D eigenvalue weighted by Crippen LogP contribution is 2.19. The van der Waals surface area contributed by atoms with Crippen molar-refractivity contribution >= 4 is 11.6 Å². The van der Waals surface area contributed by atoms with E-state index in [1.54, 1.807) is 12.1 Å². The van der Waals surface area contributed by atoms with Gasteiger partial charge in [-0.15, -0.1) is 0 Å². The number of halogens is 2. The molecule has 2 unspecified atom stereocenters. The summed E-state index contributed by atoms with van der Waals surface area (Å²) in [5.41, 5.74) is 0.721. The molecule has 0 amide bonds. The fraction of sp³-hybridized carbons (Fsp3) is 0.625. The van der Waals surface area contributed by atoms with Crippen LogP contribution in [0.5, 0.6) is 0 Å². The monoisotopic (exact) mass is 313 g/mol. The lowest BCUT2D eigenvalue weighted by Gasteiger charge is -2.34. The van der Waals surface area contributed by atoms with Crippen molar-refractivity contribution in [1.29, 1.82) is 0 Å². The van der Waals surface area contributed by atoms with Gasteiger partial charge in [0.25, 0.3) is 0 Å². The highest BCUT2D eigenvalue weighted by atomic mass is 35.5. The predicted molar refractivity (Wildman–Crippen MR) is 86.5 cm³/mol. The molecule has 2 atom stereocenters. The maximum Gasteiger partial charge on any atom is 0.127 e. The molecule has 1 aromatic carbocycles. The molecule has 1 aromatic rings. The summed E-state index contributed by atoms with van der Waals surface area (Å²) < 4.78 is 14.0. The van der Waals surface area contributed by atoms with Gasteiger partial charge in [0.15, 0.2) is 0 Å². The Morgan fingerprint density at radius 1 is 1.38 bits per heavy atom. The second-order valence-electron chi connectivity index (χ2n) is 6.00. The molecule has 5 heteroatoms. The summed E-state index contributed by atoms with van der Waals surface area (Å²) in [4.78, 5) is 4.75. The molecule has 2 rings (SSSR count). The third-order valence-electron chi connectivity index (χ3n) is 4.41. The van der Waals surface area contributed by atoms with E-state index in [-0.39, 0.29) is 11.9 Å². The van der Waals surface area contributed by atoms with Crippen LogP contribution in [-0.2, 0) is 6.42 Å². The van der Waals surface area contributed by atoms with Crippen molar-refractivity contribution < 1.29 is 4.39 Å². The van der Waals surface area contributed by atoms with E-state index in [1.165, 1.54) is 12.5 Å². The van der Waals surface area contributed by atoms with Crippen molar-refractivity contribution in [2.24, 2.45) is 0 Å². The molecular formula is C16H25ClFN3. The van der Waals surface area contributed by atoms with Gasteiger partial charge in [0, 0.05) is 23.7 Å². The van der Waals surface area contributed by atoms with Crippen LogP contribution >= 0.6 is 11.6 Å². The first-order valence-corrected chi connectivity index (χ1v) is 7.89. The molecule has 1 aliphatic rings. The quantitative estimate of drug-likeness (QED) is 0.920. The molecule has 0 aromatic heterocycles. The number of hydrogen-bond acceptors (Lipinski definition) is 3. The minimum Gasteiger partial charge on any atom is -0.315 e.